The molecule has 0 saturated carbocycles. The van der Waals surface area contributed by atoms with Gasteiger partial charge in [-0.1, -0.05) is 26.0 Å². The van der Waals surface area contributed by atoms with Crippen LogP contribution >= 0.6 is 0 Å². The summed E-state index contributed by atoms with van der Waals surface area (Å²) in [4.78, 5) is 8.38. The number of aliphatic imine (C=N–C) groups is 1. The van der Waals surface area contributed by atoms with Crippen LogP contribution in [0.4, 0.5) is 26.0 Å². The van der Waals surface area contributed by atoms with Gasteiger partial charge in [-0.3, -0.25) is 4.99 Å². The fourth-order valence-electron chi connectivity index (χ4n) is 3.26. The summed E-state index contributed by atoms with van der Waals surface area (Å²) in [7, 11) is 1.59. The first-order valence-corrected chi connectivity index (χ1v) is 11.2. The number of hydrogen-bond donors (Lipinski definition) is 1. The Morgan fingerprint density at radius 1 is 1.14 bits per heavy atom. The standard InChI is InChI=1S/C27H26F2N4O2/c1-4-20(5-2)35-27-19(8-6-10-25(27)34-3)9-7-13-31-23-14-21(28)22(29)15-24(23)33-26-12-11-18(16-30)17-32-26/h6-15,17,20H,4-5H2,1-3H3,(H,32,33)/b9-7+,31-13?. The van der Waals surface area contributed by atoms with E-state index < -0.39 is 11.6 Å². The third-order valence-corrected chi connectivity index (χ3v) is 5.19. The van der Waals surface area contributed by atoms with E-state index in [1.807, 2.05) is 24.3 Å². The lowest BCUT2D eigenvalue weighted by Gasteiger charge is -2.19. The van der Waals surface area contributed by atoms with E-state index in [9.17, 15) is 8.78 Å². The maximum Gasteiger partial charge on any atom is 0.168 e. The highest BCUT2D eigenvalue weighted by molar-refractivity contribution is 5.84. The summed E-state index contributed by atoms with van der Waals surface area (Å²) < 4.78 is 39.4. The average molecular weight is 477 g/mol. The monoisotopic (exact) mass is 476 g/mol. The second-order valence-corrected chi connectivity index (χ2v) is 7.52. The topological polar surface area (TPSA) is 79.5 Å². The number of nitriles is 1. The van der Waals surface area contributed by atoms with E-state index in [0.717, 1.165) is 30.5 Å². The van der Waals surface area contributed by atoms with Crippen molar-refractivity contribution < 1.29 is 18.3 Å². The first-order valence-electron chi connectivity index (χ1n) is 11.2. The summed E-state index contributed by atoms with van der Waals surface area (Å²) in [6, 6.07) is 12.7. The smallest absolute Gasteiger partial charge is 0.168 e. The first kappa shape index (κ1) is 25.4. The van der Waals surface area contributed by atoms with Crippen LogP contribution in [0, 0.1) is 23.0 Å². The molecule has 0 aliphatic carbocycles. The van der Waals surface area contributed by atoms with Crippen LogP contribution in [0.1, 0.15) is 37.8 Å². The molecule has 8 heteroatoms. The van der Waals surface area contributed by atoms with Gasteiger partial charge in [-0.25, -0.2) is 13.8 Å². The van der Waals surface area contributed by atoms with Gasteiger partial charge in [0, 0.05) is 30.1 Å². The van der Waals surface area contributed by atoms with Crippen LogP contribution in [-0.4, -0.2) is 24.4 Å². The van der Waals surface area contributed by atoms with Crippen molar-refractivity contribution in [1.29, 1.82) is 5.26 Å². The number of halogens is 2. The molecule has 3 rings (SSSR count). The van der Waals surface area contributed by atoms with E-state index in [-0.39, 0.29) is 17.5 Å². The number of methoxy groups -OCH3 is 1. The van der Waals surface area contributed by atoms with Gasteiger partial charge in [0.15, 0.2) is 23.1 Å². The van der Waals surface area contributed by atoms with Gasteiger partial charge in [-0.15, -0.1) is 0 Å². The SMILES string of the molecule is CCC(CC)Oc1c(/C=C/C=Nc2cc(F)c(F)cc2Nc2ccc(C#N)cn2)cccc1OC. The molecule has 0 unspecified atom stereocenters. The highest BCUT2D eigenvalue weighted by Gasteiger charge is 2.13. The Hall–Kier alpha value is -4.25. The minimum Gasteiger partial charge on any atom is -0.493 e. The molecule has 0 fully saturated rings. The maximum atomic E-state index is 13.9. The minimum absolute atomic E-state index is 0.0544. The van der Waals surface area contributed by atoms with Crippen molar-refractivity contribution in [3.8, 4) is 17.6 Å². The molecule has 1 N–H and O–H groups in total. The van der Waals surface area contributed by atoms with Gasteiger partial charge in [-0.05, 0) is 43.2 Å². The van der Waals surface area contributed by atoms with Crippen LogP contribution in [0.15, 0.2) is 59.7 Å². The second-order valence-electron chi connectivity index (χ2n) is 7.52. The molecule has 0 atom stereocenters. The number of pyridine rings is 1. The van der Waals surface area contributed by atoms with Crippen LogP contribution in [0.2, 0.25) is 0 Å². The van der Waals surface area contributed by atoms with E-state index in [1.54, 1.807) is 31.4 Å². The molecule has 3 aromatic rings. The van der Waals surface area contributed by atoms with Crippen molar-refractivity contribution in [2.24, 2.45) is 4.99 Å². The molecule has 0 aliphatic heterocycles. The van der Waals surface area contributed by atoms with Gasteiger partial charge in [0.05, 0.1) is 30.2 Å². The largest absolute Gasteiger partial charge is 0.493 e. The molecule has 0 saturated heterocycles. The second kappa shape index (κ2) is 12.3. The van der Waals surface area contributed by atoms with Crippen molar-refractivity contribution in [1.82, 2.24) is 4.98 Å². The molecule has 0 amide bonds. The number of hydrogen-bond acceptors (Lipinski definition) is 6. The molecule has 6 nitrogen and oxygen atoms in total. The van der Waals surface area contributed by atoms with Gasteiger partial charge in [0.25, 0.3) is 0 Å². The van der Waals surface area contributed by atoms with Crippen molar-refractivity contribution in [2.45, 2.75) is 32.8 Å². The summed E-state index contributed by atoms with van der Waals surface area (Å²) in [5.41, 5.74) is 1.59. The maximum absolute atomic E-state index is 13.9. The van der Waals surface area contributed by atoms with Gasteiger partial charge < -0.3 is 14.8 Å². The normalized spacial score (nSPS) is 11.2. The van der Waals surface area contributed by atoms with Crippen LogP contribution in [0.25, 0.3) is 6.08 Å². The number of allylic oxidation sites excluding steroid dienone is 1. The van der Waals surface area contributed by atoms with Gasteiger partial charge in [0.2, 0.25) is 0 Å². The molecule has 35 heavy (non-hydrogen) atoms. The van der Waals surface area contributed by atoms with E-state index in [4.69, 9.17) is 14.7 Å². The minimum atomic E-state index is -1.02. The molecule has 1 aromatic heterocycles. The number of benzene rings is 2. The van der Waals surface area contributed by atoms with Crippen molar-refractivity contribution in [2.75, 3.05) is 12.4 Å². The highest BCUT2D eigenvalue weighted by atomic mass is 19.2. The Morgan fingerprint density at radius 2 is 1.91 bits per heavy atom. The van der Waals surface area contributed by atoms with Gasteiger partial charge in [-0.2, -0.15) is 5.26 Å². The third-order valence-electron chi connectivity index (χ3n) is 5.19. The molecule has 1 heterocycles. The average Bonchev–Trinajstić information content (AvgIpc) is 2.88. The quantitative estimate of drug-likeness (QED) is 0.320. The number of nitrogens with zero attached hydrogens (tertiary/aromatic N) is 3. The Kier molecular flexibility index (Phi) is 8.90. The molecular formula is C27H26F2N4O2. The zero-order chi connectivity index (χ0) is 25.2. The van der Waals surface area contributed by atoms with Crippen molar-refractivity contribution in [3.05, 3.63) is 77.5 Å². The molecule has 180 valence electrons. The zero-order valence-corrected chi connectivity index (χ0v) is 19.8. The number of nitrogens with one attached hydrogen (secondary N) is 1. The first-order chi connectivity index (χ1) is 17.0. The Morgan fingerprint density at radius 3 is 2.57 bits per heavy atom. The molecule has 0 spiro atoms. The predicted molar refractivity (Wildman–Crippen MR) is 134 cm³/mol. The van der Waals surface area contributed by atoms with Crippen LogP contribution in [-0.2, 0) is 0 Å². The molecule has 0 bridgehead atoms. The van der Waals surface area contributed by atoms with Crippen LogP contribution < -0.4 is 14.8 Å². The Bertz CT molecular complexity index is 1250. The van der Waals surface area contributed by atoms with Gasteiger partial charge in [0.1, 0.15) is 11.9 Å². The predicted octanol–water partition coefficient (Wildman–Crippen LogP) is 6.97. The van der Waals surface area contributed by atoms with Crippen molar-refractivity contribution >= 4 is 29.5 Å². The summed E-state index contributed by atoms with van der Waals surface area (Å²) in [6.07, 6.45) is 8.11. The zero-order valence-electron chi connectivity index (χ0n) is 19.8. The van der Waals surface area contributed by atoms with E-state index in [2.05, 4.69) is 29.1 Å². The van der Waals surface area contributed by atoms with E-state index >= 15 is 0 Å². The third kappa shape index (κ3) is 6.64. The Balaban J connectivity index is 1.86. The van der Waals surface area contributed by atoms with Crippen LogP contribution in [0.5, 0.6) is 11.5 Å². The summed E-state index contributed by atoms with van der Waals surface area (Å²) >= 11 is 0. The number of rotatable bonds is 10. The highest BCUT2D eigenvalue weighted by Crippen LogP contribution is 2.34. The van der Waals surface area contributed by atoms with E-state index in [1.165, 1.54) is 12.4 Å². The molecular weight excluding hydrogens is 450 g/mol. The lowest BCUT2D eigenvalue weighted by atomic mass is 10.1. The number of ether oxygens (including phenoxy) is 2. The summed E-state index contributed by atoms with van der Waals surface area (Å²) in [6.45, 7) is 4.12. The lowest BCUT2D eigenvalue weighted by molar-refractivity contribution is 0.184. The Labute approximate surface area is 203 Å². The van der Waals surface area contributed by atoms with Gasteiger partial charge >= 0.3 is 0 Å². The number of aromatic nitrogens is 1. The summed E-state index contributed by atoms with van der Waals surface area (Å²) in [5, 5.41) is 11.8. The fraction of sp³-hybridized carbons (Fsp3) is 0.222. The fourth-order valence-corrected chi connectivity index (χ4v) is 3.26. The summed E-state index contributed by atoms with van der Waals surface area (Å²) in [5.74, 6) is -0.418. The lowest BCUT2D eigenvalue weighted by Crippen LogP contribution is -2.14. The van der Waals surface area contributed by atoms with E-state index in [0.29, 0.717) is 22.9 Å². The molecule has 0 aliphatic rings. The van der Waals surface area contributed by atoms with Crippen LogP contribution in [0.3, 0.4) is 0 Å². The molecule has 2 aromatic carbocycles. The molecule has 0 radical (unpaired) electrons. The van der Waals surface area contributed by atoms with Crippen molar-refractivity contribution in [3.63, 3.8) is 0 Å². The number of anilines is 2. The number of para-hydroxylation sites is 1.